The van der Waals surface area contributed by atoms with Crippen molar-refractivity contribution >= 4 is 40.1 Å². The number of urea groups is 1. The van der Waals surface area contributed by atoms with E-state index in [4.69, 9.17) is 4.74 Å². The molecule has 0 spiro atoms. The molecule has 0 unspecified atom stereocenters. The SMILES string of the molecule is CCOC(=O)Cc1csc(NC(=O)N[C@H]2CC(=O)N(c3ccc(C)c(C)c3)C2)n1. The Kier molecular flexibility index (Phi) is 6.48. The largest absolute Gasteiger partial charge is 0.466 e. The monoisotopic (exact) mass is 416 g/mol. The van der Waals surface area contributed by atoms with Crippen LogP contribution in [0.25, 0.3) is 0 Å². The summed E-state index contributed by atoms with van der Waals surface area (Å²) in [5.74, 6) is -0.380. The summed E-state index contributed by atoms with van der Waals surface area (Å²) < 4.78 is 4.88. The first kappa shape index (κ1) is 20.8. The highest BCUT2D eigenvalue weighted by Crippen LogP contribution is 2.24. The Hall–Kier alpha value is -2.94. The molecule has 3 rings (SSSR count). The van der Waals surface area contributed by atoms with E-state index in [-0.39, 0.29) is 30.8 Å². The van der Waals surface area contributed by atoms with Crippen molar-refractivity contribution in [1.29, 1.82) is 0 Å². The number of anilines is 2. The Morgan fingerprint density at radius 2 is 2.10 bits per heavy atom. The fourth-order valence-corrected chi connectivity index (χ4v) is 3.78. The quantitative estimate of drug-likeness (QED) is 0.705. The summed E-state index contributed by atoms with van der Waals surface area (Å²) in [6.07, 6.45) is 0.308. The van der Waals surface area contributed by atoms with Gasteiger partial charge in [0, 0.05) is 24.0 Å². The molecule has 1 aromatic heterocycles. The topological polar surface area (TPSA) is 101 Å². The molecule has 2 aromatic rings. The number of esters is 1. The molecule has 0 aliphatic carbocycles. The zero-order chi connectivity index (χ0) is 21.0. The average molecular weight is 417 g/mol. The van der Waals surface area contributed by atoms with Crippen LogP contribution in [0.4, 0.5) is 15.6 Å². The van der Waals surface area contributed by atoms with Crippen molar-refractivity contribution in [2.75, 3.05) is 23.4 Å². The first-order valence-electron chi connectivity index (χ1n) is 9.41. The minimum Gasteiger partial charge on any atom is -0.466 e. The van der Waals surface area contributed by atoms with Crippen LogP contribution in [0, 0.1) is 13.8 Å². The zero-order valence-corrected chi connectivity index (χ0v) is 17.5. The second kappa shape index (κ2) is 9.04. The Labute approximate surface area is 173 Å². The van der Waals surface area contributed by atoms with Gasteiger partial charge in [-0.3, -0.25) is 14.9 Å². The summed E-state index contributed by atoms with van der Waals surface area (Å²) in [6.45, 7) is 6.50. The number of aromatic nitrogens is 1. The van der Waals surface area contributed by atoms with E-state index in [0.29, 0.717) is 24.0 Å². The lowest BCUT2D eigenvalue weighted by molar-refractivity contribution is -0.142. The van der Waals surface area contributed by atoms with Crippen LogP contribution in [0.3, 0.4) is 0 Å². The van der Waals surface area contributed by atoms with Gasteiger partial charge in [0.15, 0.2) is 5.13 Å². The molecule has 9 heteroatoms. The van der Waals surface area contributed by atoms with Gasteiger partial charge in [-0.1, -0.05) is 6.07 Å². The molecule has 0 bridgehead atoms. The van der Waals surface area contributed by atoms with E-state index < -0.39 is 6.03 Å². The number of carbonyl (C=O) groups is 3. The van der Waals surface area contributed by atoms with E-state index >= 15 is 0 Å². The molecule has 1 aliphatic heterocycles. The van der Waals surface area contributed by atoms with Crippen molar-refractivity contribution in [3.8, 4) is 0 Å². The predicted octanol–water partition coefficient (Wildman–Crippen LogP) is 2.79. The summed E-state index contributed by atoms with van der Waals surface area (Å²) >= 11 is 1.23. The van der Waals surface area contributed by atoms with Crippen LogP contribution in [0.5, 0.6) is 0 Å². The first-order chi connectivity index (χ1) is 13.9. The average Bonchev–Trinajstić information content (AvgIpc) is 3.23. The number of thiazole rings is 1. The first-order valence-corrected chi connectivity index (χ1v) is 10.3. The van der Waals surface area contributed by atoms with E-state index in [1.807, 2.05) is 32.0 Å². The van der Waals surface area contributed by atoms with Crippen molar-refractivity contribution in [3.05, 3.63) is 40.4 Å². The zero-order valence-electron chi connectivity index (χ0n) is 16.7. The van der Waals surface area contributed by atoms with Gasteiger partial charge in [0.1, 0.15) is 0 Å². The summed E-state index contributed by atoms with van der Waals surface area (Å²) in [6, 6.07) is 5.17. The third kappa shape index (κ3) is 5.32. The van der Waals surface area contributed by atoms with Gasteiger partial charge in [0.25, 0.3) is 0 Å². The number of benzene rings is 1. The van der Waals surface area contributed by atoms with Crippen LogP contribution in [-0.4, -0.2) is 42.1 Å². The van der Waals surface area contributed by atoms with Crippen LogP contribution >= 0.6 is 11.3 Å². The standard InChI is InChI=1S/C20H24N4O4S/c1-4-28-18(26)9-15-11-29-20(22-15)23-19(27)21-14-8-17(25)24(10-14)16-6-5-12(2)13(3)7-16/h5-7,11,14H,4,8-10H2,1-3H3,(H2,21,22,23,27)/t14-/m0/s1. The Morgan fingerprint density at radius 3 is 2.83 bits per heavy atom. The van der Waals surface area contributed by atoms with Crippen LogP contribution in [-0.2, 0) is 20.7 Å². The number of carbonyl (C=O) groups excluding carboxylic acids is 3. The molecule has 154 valence electrons. The second-order valence-electron chi connectivity index (χ2n) is 6.90. The van der Waals surface area contributed by atoms with Crippen LogP contribution in [0.1, 0.15) is 30.2 Å². The lowest BCUT2D eigenvalue weighted by Crippen LogP contribution is -2.39. The summed E-state index contributed by atoms with van der Waals surface area (Å²) in [5, 5.41) is 7.56. The highest BCUT2D eigenvalue weighted by Gasteiger charge is 2.31. The second-order valence-corrected chi connectivity index (χ2v) is 7.76. The molecule has 2 N–H and O–H groups in total. The summed E-state index contributed by atoms with van der Waals surface area (Å²) in [5.41, 5.74) is 3.67. The third-order valence-electron chi connectivity index (χ3n) is 4.67. The number of nitrogens with one attached hydrogen (secondary N) is 2. The van der Waals surface area contributed by atoms with Gasteiger partial charge in [-0.2, -0.15) is 0 Å². The van der Waals surface area contributed by atoms with Crippen LogP contribution in [0.2, 0.25) is 0 Å². The van der Waals surface area contributed by atoms with Crippen molar-refractivity contribution < 1.29 is 19.1 Å². The maximum Gasteiger partial charge on any atom is 0.321 e. The Morgan fingerprint density at radius 1 is 1.31 bits per heavy atom. The molecule has 1 fully saturated rings. The molecular formula is C20H24N4O4S. The molecule has 1 saturated heterocycles. The lowest BCUT2D eigenvalue weighted by atomic mass is 10.1. The highest BCUT2D eigenvalue weighted by molar-refractivity contribution is 7.13. The number of hydrogen-bond acceptors (Lipinski definition) is 6. The number of amides is 3. The van der Waals surface area contributed by atoms with Crippen molar-refractivity contribution in [2.45, 2.75) is 39.7 Å². The summed E-state index contributed by atoms with van der Waals surface area (Å²) in [7, 11) is 0. The fourth-order valence-electron chi connectivity index (χ4n) is 3.07. The molecule has 8 nitrogen and oxygen atoms in total. The smallest absolute Gasteiger partial charge is 0.321 e. The number of rotatable bonds is 6. The number of nitrogens with zero attached hydrogens (tertiary/aromatic N) is 2. The maximum atomic E-state index is 12.4. The fraction of sp³-hybridized carbons (Fsp3) is 0.400. The van der Waals surface area contributed by atoms with E-state index in [1.54, 1.807) is 17.2 Å². The molecule has 29 heavy (non-hydrogen) atoms. The Balaban J connectivity index is 1.53. The number of hydrogen-bond donors (Lipinski definition) is 2. The molecule has 1 aliphatic rings. The predicted molar refractivity (Wildman–Crippen MR) is 111 cm³/mol. The lowest BCUT2D eigenvalue weighted by Gasteiger charge is -2.18. The van der Waals surface area contributed by atoms with Crippen LogP contribution in [0.15, 0.2) is 23.6 Å². The Bertz CT molecular complexity index is 927. The molecular weight excluding hydrogens is 392 g/mol. The molecule has 1 atom stereocenters. The maximum absolute atomic E-state index is 12.4. The van der Waals surface area contributed by atoms with Gasteiger partial charge in [-0.05, 0) is 44.0 Å². The van der Waals surface area contributed by atoms with E-state index in [9.17, 15) is 14.4 Å². The number of aryl methyl sites for hydroxylation is 2. The van der Waals surface area contributed by atoms with Crippen molar-refractivity contribution in [1.82, 2.24) is 10.3 Å². The van der Waals surface area contributed by atoms with Gasteiger partial charge in [0.2, 0.25) is 5.91 Å². The minimum atomic E-state index is -0.429. The van der Waals surface area contributed by atoms with E-state index in [2.05, 4.69) is 15.6 Å². The molecule has 0 radical (unpaired) electrons. The van der Waals surface area contributed by atoms with Gasteiger partial charge < -0.3 is 15.0 Å². The minimum absolute atomic E-state index is 0.0236. The van der Waals surface area contributed by atoms with Crippen molar-refractivity contribution in [2.24, 2.45) is 0 Å². The number of ether oxygens (including phenoxy) is 1. The van der Waals surface area contributed by atoms with Crippen molar-refractivity contribution in [3.63, 3.8) is 0 Å². The molecule has 3 amide bonds. The molecule has 0 saturated carbocycles. The van der Waals surface area contributed by atoms with Crippen LogP contribution < -0.4 is 15.5 Å². The van der Waals surface area contributed by atoms with Gasteiger partial charge in [0.05, 0.1) is 24.8 Å². The molecule has 1 aromatic carbocycles. The molecule has 2 heterocycles. The third-order valence-corrected chi connectivity index (χ3v) is 5.47. The van der Waals surface area contributed by atoms with E-state index in [1.165, 1.54) is 16.9 Å². The van der Waals surface area contributed by atoms with Gasteiger partial charge in [-0.25, -0.2) is 9.78 Å². The normalized spacial score (nSPS) is 16.0. The summed E-state index contributed by atoms with van der Waals surface area (Å²) in [4.78, 5) is 42.1. The van der Waals surface area contributed by atoms with Gasteiger partial charge in [-0.15, -0.1) is 11.3 Å². The van der Waals surface area contributed by atoms with Gasteiger partial charge >= 0.3 is 12.0 Å². The van der Waals surface area contributed by atoms with E-state index in [0.717, 1.165) is 11.3 Å². The highest BCUT2D eigenvalue weighted by atomic mass is 32.1.